The number of carbonyl (C=O) groups is 1. The molecule has 0 atom stereocenters. The molecule has 0 saturated heterocycles. The van der Waals surface area contributed by atoms with E-state index in [1.54, 1.807) is 13.1 Å². The van der Waals surface area contributed by atoms with E-state index in [-0.39, 0.29) is 11.4 Å². The number of primary amides is 1. The summed E-state index contributed by atoms with van der Waals surface area (Å²) in [5.41, 5.74) is 4.09. The zero-order valence-corrected chi connectivity index (χ0v) is 11.1. The minimum absolute atomic E-state index is 0.0286. The number of nitrogens with zero attached hydrogens (tertiary/aromatic N) is 2. The molecule has 0 saturated carbocycles. The second kappa shape index (κ2) is 6.40. The fraction of sp³-hybridized carbons (Fsp3) is 0.385. The summed E-state index contributed by atoms with van der Waals surface area (Å²) in [5.74, 6) is -0.867. The number of rotatable bonds is 6. The van der Waals surface area contributed by atoms with Gasteiger partial charge >= 0.3 is 6.18 Å². The third kappa shape index (κ3) is 3.97. The minimum atomic E-state index is -4.56. The molecule has 1 amide bonds. The number of alkyl halides is 3. The van der Waals surface area contributed by atoms with Crippen molar-refractivity contribution >= 4 is 11.7 Å². The lowest BCUT2D eigenvalue weighted by atomic mass is 10.2. The SMILES string of the molecule is C=CCCCN(C)c1nc(C(F)(F)F)ccc1C(N)=O. The Morgan fingerprint density at radius 2 is 2.15 bits per heavy atom. The molecule has 7 heteroatoms. The highest BCUT2D eigenvalue weighted by Crippen LogP contribution is 2.30. The molecule has 2 N–H and O–H groups in total. The van der Waals surface area contributed by atoms with Gasteiger partial charge in [0.25, 0.3) is 5.91 Å². The Balaban J connectivity index is 3.11. The Kier molecular flexibility index (Phi) is 5.12. The van der Waals surface area contributed by atoms with Gasteiger partial charge in [0.05, 0.1) is 5.56 Å². The first-order valence-corrected chi connectivity index (χ1v) is 5.97. The summed E-state index contributed by atoms with van der Waals surface area (Å²) in [6, 6.07) is 1.80. The second-order valence-corrected chi connectivity index (χ2v) is 4.28. The van der Waals surface area contributed by atoms with Crippen LogP contribution in [0.25, 0.3) is 0 Å². The molecule has 20 heavy (non-hydrogen) atoms. The molecule has 1 aromatic heterocycles. The molecule has 1 heterocycles. The van der Waals surface area contributed by atoms with Gasteiger partial charge in [-0.1, -0.05) is 6.08 Å². The molecule has 0 spiro atoms. The van der Waals surface area contributed by atoms with E-state index in [4.69, 9.17) is 5.73 Å². The van der Waals surface area contributed by atoms with Crippen molar-refractivity contribution in [2.24, 2.45) is 5.73 Å². The maximum atomic E-state index is 12.7. The third-order valence-electron chi connectivity index (χ3n) is 2.69. The Morgan fingerprint density at radius 1 is 1.50 bits per heavy atom. The number of aromatic nitrogens is 1. The molecular formula is C13H16F3N3O. The number of pyridine rings is 1. The average Bonchev–Trinajstić information content (AvgIpc) is 2.37. The topological polar surface area (TPSA) is 59.2 Å². The largest absolute Gasteiger partial charge is 0.433 e. The lowest BCUT2D eigenvalue weighted by Crippen LogP contribution is -2.26. The van der Waals surface area contributed by atoms with Crippen LogP contribution in [0.15, 0.2) is 24.8 Å². The van der Waals surface area contributed by atoms with Crippen molar-refractivity contribution in [3.63, 3.8) is 0 Å². The highest BCUT2D eigenvalue weighted by Gasteiger charge is 2.33. The van der Waals surface area contributed by atoms with Crippen LogP contribution in [0.3, 0.4) is 0 Å². The fourth-order valence-electron chi connectivity index (χ4n) is 1.67. The summed E-state index contributed by atoms with van der Waals surface area (Å²) in [6.45, 7) is 4.01. The summed E-state index contributed by atoms with van der Waals surface area (Å²) in [6.07, 6.45) is -1.44. The Morgan fingerprint density at radius 3 is 2.65 bits per heavy atom. The molecule has 0 radical (unpaired) electrons. The maximum Gasteiger partial charge on any atom is 0.433 e. The molecule has 1 aromatic rings. The van der Waals surface area contributed by atoms with E-state index in [1.807, 2.05) is 0 Å². The first kappa shape index (κ1) is 16.0. The van der Waals surface area contributed by atoms with Crippen LogP contribution >= 0.6 is 0 Å². The Bertz CT molecular complexity index is 500. The van der Waals surface area contributed by atoms with Crippen LogP contribution in [0.1, 0.15) is 28.9 Å². The molecule has 0 aromatic carbocycles. The second-order valence-electron chi connectivity index (χ2n) is 4.28. The lowest BCUT2D eigenvalue weighted by Gasteiger charge is -2.21. The number of carbonyl (C=O) groups excluding carboxylic acids is 1. The number of allylic oxidation sites excluding steroid dienone is 1. The van der Waals surface area contributed by atoms with Gasteiger partial charge in [-0.3, -0.25) is 4.79 Å². The van der Waals surface area contributed by atoms with E-state index in [0.29, 0.717) is 13.0 Å². The predicted molar refractivity (Wildman–Crippen MR) is 70.5 cm³/mol. The molecule has 0 bridgehead atoms. The average molecular weight is 287 g/mol. The molecule has 0 aliphatic heterocycles. The predicted octanol–water partition coefficient (Wildman–Crippen LogP) is 2.60. The van der Waals surface area contributed by atoms with Crippen molar-refractivity contribution < 1.29 is 18.0 Å². The zero-order valence-electron chi connectivity index (χ0n) is 11.1. The van der Waals surface area contributed by atoms with E-state index < -0.39 is 17.8 Å². The fourth-order valence-corrected chi connectivity index (χ4v) is 1.67. The normalized spacial score (nSPS) is 11.2. The highest BCUT2D eigenvalue weighted by molar-refractivity contribution is 5.97. The van der Waals surface area contributed by atoms with E-state index in [9.17, 15) is 18.0 Å². The van der Waals surface area contributed by atoms with Gasteiger partial charge < -0.3 is 10.6 Å². The van der Waals surface area contributed by atoms with Crippen molar-refractivity contribution in [2.45, 2.75) is 19.0 Å². The number of anilines is 1. The molecule has 1 rings (SSSR count). The van der Waals surface area contributed by atoms with Crippen molar-refractivity contribution in [1.82, 2.24) is 4.98 Å². The molecule has 0 aliphatic rings. The molecule has 0 unspecified atom stereocenters. The van der Waals surface area contributed by atoms with Crippen LogP contribution in [0, 0.1) is 0 Å². The van der Waals surface area contributed by atoms with E-state index in [2.05, 4.69) is 11.6 Å². The smallest absolute Gasteiger partial charge is 0.365 e. The van der Waals surface area contributed by atoms with Gasteiger partial charge in [0, 0.05) is 13.6 Å². The summed E-state index contributed by atoms with van der Waals surface area (Å²) in [5, 5.41) is 0. The number of hydrogen-bond donors (Lipinski definition) is 1. The number of halogens is 3. The van der Waals surface area contributed by atoms with E-state index in [0.717, 1.165) is 18.6 Å². The van der Waals surface area contributed by atoms with Crippen LogP contribution in [-0.4, -0.2) is 24.5 Å². The first-order valence-electron chi connectivity index (χ1n) is 5.97. The summed E-state index contributed by atoms with van der Waals surface area (Å²) >= 11 is 0. The quantitative estimate of drug-likeness (QED) is 0.646. The molecule has 4 nitrogen and oxygen atoms in total. The molecule has 0 aliphatic carbocycles. The van der Waals surface area contributed by atoms with Crippen LogP contribution in [0.2, 0.25) is 0 Å². The van der Waals surface area contributed by atoms with Crippen LogP contribution in [-0.2, 0) is 6.18 Å². The third-order valence-corrected chi connectivity index (χ3v) is 2.69. The molecule has 110 valence electrons. The molecule has 0 fully saturated rings. The van der Waals surface area contributed by atoms with Gasteiger partial charge in [-0.2, -0.15) is 13.2 Å². The number of nitrogens with two attached hydrogens (primary N) is 1. The molecular weight excluding hydrogens is 271 g/mol. The van der Waals surface area contributed by atoms with Crippen molar-refractivity contribution in [1.29, 1.82) is 0 Å². The van der Waals surface area contributed by atoms with Gasteiger partial charge in [-0.05, 0) is 25.0 Å². The number of amides is 1. The van der Waals surface area contributed by atoms with Crippen LogP contribution in [0.5, 0.6) is 0 Å². The minimum Gasteiger partial charge on any atom is -0.365 e. The number of unbranched alkanes of at least 4 members (excludes halogenated alkanes) is 1. The number of hydrogen-bond acceptors (Lipinski definition) is 3. The maximum absolute atomic E-state index is 12.7. The van der Waals surface area contributed by atoms with Crippen molar-refractivity contribution in [3.05, 3.63) is 36.0 Å². The summed E-state index contributed by atoms with van der Waals surface area (Å²) < 4.78 is 38.0. The van der Waals surface area contributed by atoms with Gasteiger partial charge in [0.1, 0.15) is 11.5 Å². The van der Waals surface area contributed by atoms with E-state index in [1.165, 1.54) is 4.90 Å². The standard InChI is InChI=1S/C13H16F3N3O/c1-3-4-5-8-19(2)12-9(11(17)20)6-7-10(18-12)13(14,15)16/h3,6-7H,1,4-5,8H2,2H3,(H2,17,20). The van der Waals surface area contributed by atoms with Gasteiger partial charge in [-0.25, -0.2) is 4.98 Å². The monoisotopic (exact) mass is 287 g/mol. The summed E-state index contributed by atoms with van der Waals surface area (Å²) in [7, 11) is 1.57. The summed E-state index contributed by atoms with van der Waals surface area (Å²) in [4.78, 5) is 16.3. The zero-order chi connectivity index (χ0) is 15.3. The van der Waals surface area contributed by atoms with Gasteiger partial charge in [0.2, 0.25) is 0 Å². The van der Waals surface area contributed by atoms with Gasteiger partial charge in [0.15, 0.2) is 0 Å². The van der Waals surface area contributed by atoms with Gasteiger partial charge in [-0.15, -0.1) is 6.58 Å². The highest BCUT2D eigenvalue weighted by atomic mass is 19.4. The first-order chi connectivity index (χ1) is 9.27. The van der Waals surface area contributed by atoms with Crippen LogP contribution in [0.4, 0.5) is 19.0 Å². The lowest BCUT2D eigenvalue weighted by molar-refractivity contribution is -0.141. The van der Waals surface area contributed by atoms with Crippen molar-refractivity contribution in [3.8, 4) is 0 Å². The Labute approximate surface area is 115 Å². The Hall–Kier alpha value is -2.05. The van der Waals surface area contributed by atoms with E-state index >= 15 is 0 Å². The van der Waals surface area contributed by atoms with Crippen molar-refractivity contribution in [2.75, 3.05) is 18.5 Å². The van der Waals surface area contributed by atoms with Crippen LogP contribution < -0.4 is 10.6 Å².